The highest BCUT2D eigenvalue weighted by Gasteiger charge is 2.13. The van der Waals surface area contributed by atoms with Crippen LogP contribution in [0.5, 0.6) is 0 Å². The van der Waals surface area contributed by atoms with Gasteiger partial charge in [0.05, 0.1) is 13.2 Å². The standard InChI is InChI=1S/C46H90O4/c1-3-5-7-9-11-13-15-17-19-20-21-22-23-24-25-26-27-28-30-32-34-36-38-40-42-49-44-45(43-47)50-46(48)41-39-37-35-33-31-29-18-16-14-12-10-8-6-4-2/h20-21,45,47H,3-19,22-44H2,1-2H3/b21-20-. The lowest BCUT2D eigenvalue weighted by Crippen LogP contribution is -2.27. The van der Waals surface area contributed by atoms with Crippen LogP contribution < -0.4 is 0 Å². The second-order valence-electron chi connectivity index (χ2n) is 15.5. The Bertz CT molecular complexity index is 663. The maximum atomic E-state index is 12.2. The van der Waals surface area contributed by atoms with Crippen LogP contribution in [0.25, 0.3) is 0 Å². The Morgan fingerprint density at radius 3 is 1.14 bits per heavy atom. The summed E-state index contributed by atoms with van der Waals surface area (Å²) in [5, 5.41) is 9.60. The molecule has 0 heterocycles. The molecule has 1 N–H and O–H groups in total. The predicted octanol–water partition coefficient (Wildman–Crippen LogP) is 14.9. The number of hydrogen-bond acceptors (Lipinski definition) is 4. The molecule has 298 valence electrons. The van der Waals surface area contributed by atoms with Crippen molar-refractivity contribution in [2.24, 2.45) is 0 Å². The Morgan fingerprint density at radius 2 is 0.780 bits per heavy atom. The number of aliphatic hydroxyl groups excluding tert-OH is 1. The number of rotatable bonds is 43. The van der Waals surface area contributed by atoms with Crippen LogP contribution in [0.4, 0.5) is 0 Å². The number of allylic oxidation sites excluding steroid dienone is 2. The summed E-state index contributed by atoms with van der Waals surface area (Å²) in [4.78, 5) is 12.2. The summed E-state index contributed by atoms with van der Waals surface area (Å²) in [6.07, 6.45) is 52.8. The fourth-order valence-corrected chi connectivity index (χ4v) is 6.91. The molecule has 0 rings (SSSR count). The van der Waals surface area contributed by atoms with E-state index >= 15 is 0 Å². The lowest BCUT2D eigenvalue weighted by atomic mass is 10.0. The van der Waals surface area contributed by atoms with Crippen LogP contribution in [0.15, 0.2) is 12.2 Å². The van der Waals surface area contributed by atoms with Gasteiger partial charge in [0.1, 0.15) is 6.10 Å². The summed E-state index contributed by atoms with van der Waals surface area (Å²) in [5.41, 5.74) is 0. The van der Waals surface area contributed by atoms with Gasteiger partial charge in [-0.05, 0) is 38.5 Å². The van der Waals surface area contributed by atoms with E-state index in [0.29, 0.717) is 19.6 Å². The molecular weight excluding hydrogens is 617 g/mol. The van der Waals surface area contributed by atoms with Crippen molar-refractivity contribution in [3.63, 3.8) is 0 Å². The van der Waals surface area contributed by atoms with Crippen molar-refractivity contribution < 1.29 is 19.4 Å². The van der Waals surface area contributed by atoms with Crippen LogP contribution in [0.2, 0.25) is 0 Å². The Morgan fingerprint density at radius 1 is 0.460 bits per heavy atom. The van der Waals surface area contributed by atoms with Gasteiger partial charge in [-0.2, -0.15) is 0 Å². The fraction of sp³-hybridized carbons (Fsp3) is 0.935. The normalized spacial score (nSPS) is 12.3. The van der Waals surface area contributed by atoms with E-state index in [1.807, 2.05) is 0 Å². The zero-order valence-corrected chi connectivity index (χ0v) is 34.2. The molecule has 0 fully saturated rings. The molecule has 0 radical (unpaired) electrons. The van der Waals surface area contributed by atoms with Gasteiger partial charge in [0.15, 0.2) is 0 Å². The quantitative estimate of drug-likeness (QED) is 0.0390. The second-order valence-corrected chi connectivity index (χ2v) is 15.5. The number of ether oxygens (including phenoxy) is 2. The third-order valence-electron chi connectivity index (χ3n) is 10.3. The van der Waals surface area contributed by atoms with Crippen molar-refractivity contribution in [1.82, 2.24) is 0 Å². The highest BCUT2D eigenvalue weighted by molar-refractivity contribution is 5.69. The third-order valence-corrected chi connectivity index (χ3v) is 10.3. The van der Waals surface area contributed by atoms with E-state index < -0.39 is 6.10 Å². The van der Waals surface area contributed by atoms with Crippen LogP contribution in [0.1, 0.15) is 251 Å². The number of esters is 1. The van der Waals surface area contributed by atoms with Gasteiger partial charge >= 0.3 is 5.97 Å². The maximum absolute atomic E-state index is 12.2. The first-order valence-corrected chi connectivity index (χ1v) is 22.8. The molecule has 0 aliphatic heterocycles. The third kappa shape index (κ3) is 41.5. The van der Waals surface area contributed by atoms with Gasteiger partial charge in [0.2, 0.25) is 0 Å². The molecule has 1 atom stereocenters. The lowest BCUT2D eigenvalue weighted by Gasteiger charge is -2.16. The number of aliphatic hydroxyl groups is 1. The van der Waals surface area contributed by atoms with Gasteiger partial charge in [-0.3, -0.25) is 4.79 Å². The van der Waals surface area contributed by atoms with Crippen molar-refractivity contribution in [3.8, 4) is 0 Å². The molecule has 0 spiro atoms. The molecule has 0 bridgehead atoms. The molecule has 50 heavy (non-hydrogen) atoms. The van der Waals surface area contributed by atoms with Gasteiger partial charge in [0.25, 0.3) is 0 Å². The van der Waals surface area contributed by atoms with Gasteiger partial charge in [-0.25, -0.2) is 0 Å². The molecule has 4 heteroatoms. The van der Waals surface area contributed by atoms with Crippen molar-refractivity contribution in [3.05, 3.63) is 12.2 Å². The minimum atomic E-state index is -0.527. The second kappa shape index (κ2) is 44.3. The SMILES string of the molecule is CCCCCCCCCC/C=C\CCCCCCCCCCCCCCOCC(CO)OC(=O)CCCCCCCCCCCCCCCC. The molecule has 0 amide bonds. The van der Waals surface area contributed by atoms with E-state index in [9.17, 15) is 9.90 Å². The molecule has 0 saturated heterocycles. The summed E-state index contributed by atoms with van der Waals surface area (Å²) >= 11 is 0. The minimum Gasteiger partial charge on any atom is -0.457 e. The first-order valence-electron chi connectivity index (χ1n) is 22.8. The van der Waals surface area contributed by atoms with Gasteiger partial charge in [-0.1, -0.05) is 219 Å². The highest BCUT2D eigenvalue weighted by Crippen LogP contribution is 2.15. The van der Waals surface area contributed by atoms with Gasteiger partial charge in [-0.15, -0.1) is 0 Å². The van der Waals surface area contributed by atoms with E-state index in [4.69, 9.17) is 9.47 Å². The lowest BCUT2D eigenvalue weighted by molar-refractivity contribution is -0.154. The minimum absolute atomic E-state index is 0.165. The zero-order valence-electron chi connectivity index (χ0n) is 34.2. The molecule has 0 aromatic rings. The molecule has 0 aliphatic rings. The summed E-state index contributed by atoms with van der Waals surface area (Å²) in [5.74, 6) is -0.196. The highest BCUT2D eigenvalue weighted by atomic mass is 16.6. The summed E-state index contributed by atoms with van der Waals surface area (Å²) < 4.78 is 11.2. The maximum Gasteiger partial charge on any atom is 0.306 e. The molecule has 0 aromatic heterocycles. The molecule has 0 saturated carbocycles. The van der Waals surface area contributed by atoms with Gasteiger partial charge in [0, 0.05) is 13.0 Å². The Kier molecular flexibility index (Phi) is 43.5. The Hall–Kier alpha value is -0.870. The number of hydrogen-bond donors (Lipinski definition) is 1. The summed E-state index contributed by atoms with van der Waals surface area (Å²) in [7, 11) is 0. The Labute approximate surface area is 314 Å². The van der Waals surface area contributed by atoms with Crippen LogP contribution in [0.3, 0.4) is 0 Å². The largest absolute Gasteiger partial charge is 0.457 e. The summed E-state index contributed by atoms with van der Waals surface area (Å²) in [6.45, 7) is 5.39. The van der Waals surface area contributed by atoms with Crippen LogP contribution in [-0.4, -0.2) is 37.0 Å². The predicted molar refractivity (Wildman–Crippen MR) is 219 cm³/mol. The van der Waals surface area contributed by atoms with E-state index in [1.54, 1.807) is 0 Å². The number of carbonyl (C=O) groups is 1. The molecule has 1 unspecified atom stereocenters. The van der Waals surface area contributed by atoms with E-state index in [1.165, 1.54) is 212 Å². The van der Waals surface area contributed by atoms with Crippen molar-refractivity contribution >= 4 is 5.97 Å². The average molecular weight is 707 g/mol. The average Bonchev–Trinajstić information content (AvgIpc) is 3.12. The number of unbranched alkanes of at least 4 members (excludes halogenated alkanes) is 33. The molecule has 0 aromatic carbocycles. The fourth-order valence-electron chi connectivity index (χ4n) is 6.91. The van der Waals surface area contributed by atoms with E-state index in [-0.39, 0.29) is 12.6 Å². The molecular formula is C46H90O4. The van der Waals surface area contributed by atoms with Crippen molar-refractivity contribution in [1.29, 1.82) is 0 Å². The smallest absolute Gasteiger partial charge is 0.306 e. The Balaban J connectivity index is 3.35. The van der Waals surface area contributed by atoms with Crippen LogP contribution >= 0.6 is 0 Å². The molecule has 4 nitrogen and oxygen atoms in total. The monoisotopic (exact) mass is 707 g/mol. The number of carbonyl (C=O) groups excluding carboxylic acids is 1. The van der Waals surface area contributed by atoms with E-state index in [0.717, 1.165) is 19.3 Å². The first kappa shape index (κ1) is 49.1. The zero-order chi connectivity index (χ0) is 36.3. The summed E-state index contributed by atoms with van der Waals surface area (Å²) in [6, 6.07) is 0. The van der Waals surface area contributed by atoms with E-state index in [2.05, 4.69) is 26.0 Å². The first-order chi connectivity index (χ1) is 24.7. The van der Waals surface area contributed by atoms with Crippen molar-refractivity contribution in [2.45, 2.75) is 258 Å². The topological polar surface area (TPSA) is 55.8 Å². The molecule has 0 aliphatic carbocycles. The van der Waals surface area contributed by atoms with Gasteiger partial charge < -0.3 is 14.6 Å². The van der Waals surface area contributed by atoms with Crippen LogP contribution in [-0.2, 0) is 14.3 Å². The van der Waals surface area contributed by atoms with Crippen molar-refractivity contribution in [2.75, 3.05) is 19.8 Å². The van der Waals surface area contributed by atoms with Crippen LogP contribution in [0, 0.1) is 0 Å².